The van der Waals surface area contributed by atoms with Gasteiger partial charge in [0, 0.05) is 23.3 Å². The molecule has 0 aliphatic heterocycles. The topological polar surface area (TPSA) is 16.1 Å². The first-order chi connectivity index (χ1) is 8.90. The summed E-state index contributed by atoms with van der Waals surface area (Å²) >= 11 is 5.20. The molecular formula is C14H17BrN2S. The van der Waals surface area contributed by atoms with E-state index in [1.165, 1.54) is 36.1 Å². The molecule has 1 aliphatic carbocycles. The Balaban J connectivity index is 1.92. The molecule has 1 aromatic carbocycles. The number of anilines is 1. The van der Waals surface area contributed by atoms with E-state index in [9.17, 15) is 0 Å². The molecule has 1 heterocycles. The average molecular weight is 325 g/mol. The fourth-order valence-electron chi connectivity index (χ4n) is 2.46. The lowest BCUT2D eigenvalue weighted by atomic mass is 9.91. The molecule has 0 amide bonds. The number of hydrogen-bond acceptors (Lipinski definition) is 3. The van der Waals surface area contributed by atoms with Crippen molar-refractivity contribution in [2.75, 3.05) is 16.8 Å². The second-order valence-corrected chi connectivity index (χ2v) is 6.37. The second kappa shape index (κ2) is 5.57. The molecule has 1 fully saturated rings. The Morgan fingerprint density at radius 3 is 2.89 bits per heavy atom. The molecule has 2 aromatic rings. The highest BCUT2D eigenvalue weighted by atomic mass is 79.9. The monoisotopic (exact) mass is 324 g/mol. The van der Waals surface area contributed by atoms with E-state index in [0.29, 0.717) is 0 Å². The summed E-state index contributed by atoms with van der Waals surface area (Å²) in [6, 6.07) is 9.24. The van der Waals surface area contributed by atoms with Crippen molar-refractivity contribution in [2.45, 2.75) is 31.7 Å². The Morgan fingerprint density at radius 1 is 1.33 bits per heavy atom. The van der Waals surface area contributed by atoms with E-state index in [-0.39, 0.29) is 0 Å². The number of benzene rings is 1. The van der Waals surface area contributed by atoms with Gasteiger partial charge >= 0.3 is 0 Å². The molecule has 1 aliphatic rings. The number of fused-ring (bicyclic) bond motifs is 1. The predicted octanol–water partition coefficient (Wildman–Crippen LogP) is 4.44. The molecule has 0 saturated heterocycles. The molecule has 4 heteroatoms. The molecule has 3 rings (SSSR count). The summed E-state index contributed by atoms with van der Waals surface area (Å²) < 4.78 is 4.58. The highest BCUT2D eigenvalue weighted by Gasteiger charge is 2.27. The van der Waals surface area contributed by atoms with Gasteiger partial charge in [-0.3, -0.25) is 0 Å². The van der Waals surface area contributed by atoms with E-state index < -0.39 is 0 Å². The minimum atomic E-state index is 0.743. The summed E-state index contributed by atoms with van der Waals surface area (Å²) in [6.45, 7) is 1.14. The number of alkyl halides is 1. The van der Waals surface area contributed by atoms with Crippen molar-refractivity contribution < 1.29 is 0 Å². The van der Waals surface area contributed by atoms with Crippen LogP contribution >= 0.6 is 27.5 Å². The molecule has 0 radical (unpaired) electrons. The third-order valence-electron chi connectivity index (χ3n) is 3.67. The molecule has 0 N–H and O–H groups in total. The van der Waals surface area contributed by atoms with Crippen LogP contribution in [-0.2, 0) is 0 Å². The number of aromatic nitrogens is 1. The lowest BCUT2D eigenvalue weighted by Gasteiger charge is -2.38. The van der Waals surface area contributed by atoms with Crippen LogP contribution < -0.4 is 4.90 Å². The van der Waals surface area contributed by atoms with Gasteiger partial charge in [-0.2, -0.15) is 4.37 Å². The zero-order valence-electron chi connectivity index (χ0n) is 10.3. The smallest absolute Gasteiger partial charge is 0.120 e. The van der Waals surface area contributed by atoms with E-state index in [2.05, 4.69) is 49.5 Å². The van der Waals surface area contributed by atoms with Gasteiger partial charge in [-0.15, -0.1) is 0 Å². The largest absolute Gasteiger partial charge is 0.359 e. The van der Waals surface area contributed by atoms with Gasteiger partial charge in [-0.1, -0.05) is 28.1 Å². The minimum absolute atomic E-state index is 0.743. The molecule has 2 nitrogen and oxygen atoms in total. The minimum Gasteiger partial charge on any atom is -0.359 e. The first-order valence-electron chi connectivity index (χ1n) is 6.57. The van der Waals surface area contributed by atoms with Crippen LogP contribution in [0.4, 0.5) is 5.00 Å². The van der Waals surface area contributed by atoms with Gasteiger partial charge in [0.25, 0.3) is 0 Å². The Morgan fingerprint density at radius 2 is 2.17 bits per heavy atom. The van der Waals surface area contributed by atoms with Crippen molar-refractivity contribution >= 4 is 43.4 Å². The summed E-state index contributed by atoms with van der Waals surface area (Å²) in [5, 5.41) is 3.77. The standard InChI is InChI=1S/C14H17BrN2S/c15-9-4-10-17(11-5-3-6-11)14-12-7-1-2-8-13(12)16-18-14/h1-2,7-8,11H,3-6,9-10H2. The third kappa shape index (κ3) is 2.28. The Hall–Kier alpha value is -0.610. The van der Waals surface area contributed by atoms with Crippen LogP contribution in [-0.4, -0.2) is 22.3 Å². The molecule has 96 valence electrons. The summed E-state index contributed by atoms with van der Waals surface area (Å²) in [7, 11) is 0. The first kappa shape index (κ1) is 12.4. The van der Waals surface area contributed by atoms with E-state index in [1.54, 1.807) is 11.5 Å². The Labute approximate surface area is 120 Å². The lowest BCUT2D eigenvalue weighted by Crippen LogP contribution is -2.40. The predicted molar refractivity (Wildman–Crippen MR) is 83.0 cm³/mol. The molecule has 0 spiro atoms. The van der Waals surface area contributed by atoms with E-state index in [0.717, 1.165) is 23.4 Å². The fraction of sp³-hybridized carbons (Fsp3) is 0.500. The van der Waals surface area contributed by atoms with Crippen molar-refractivity contribution in [2.24, 2.45) is 0 Å². The van der Waals surface area contributed by atoms with Crippen LogP contribution in [0.3, 0.4) is 0 Å². The number of hydrogen-bond donors (Lipinski definition) is 0. The van der Waals surface area contributed by atoms with Gasteiger partial charge in [-0.25, -0.2) is 0 Å². The Bertz CT molecular complexity index is 521. The number of rotatable bonds is 5. The second-order valence-electron chi connectivity index (χ2n) is 4.83. The van der Waals surface area contributed by atoms with Crippen LogP contribution in [0.1, 0.15) is 25.7 Å². The van der Waals surface area contributed by atoms with Crippen LogP contribution in [0.15, 0.2) is 24.3 Å². The quantitative estimate of drug-likeness (QED) is 0.756. The Kier molecular flexibility index (Phi) is 3.85. The van der Waals surface area contributed by atoms with Gasteiger partial charge in [0.05, 0.1) is 5.52 Å². The highest BCUT2D eigenvalue weighted by Crippen LogP contribution is 2.37. The van der Waals surface area contributed by atoms with Crippen molar-refractivity contribution in [3.8, 4) is 0 Å². The SMILES string of the molecule is BrCCCN(c1snc2ccccc12)C1CCC1. The van der Waals surface area contributed by atoms with E-state index in [4.69, 9.17) is 0 Å². The van der Waals surface area contributed by atoms with Crippen molar-refractivity contribution in [1.82, 2.24) is 4.37 Å². The maximum absolute atomic E-state index is 4.58. The summed E-state index contributed by atoms with van der Waals surface area (Å²) in [5.74, 6) is 0. The van der Waals surface area contributed by atoms with Crippen molar-refractivity contribution in [1.29, 1.82) is 0 Å². The fourth-order valence-corrected chi connectivity index (χ4v) is 3.67. The van der Waals surface area contributed by atoms with Crippen LogP contribution in [0.5, 0.6) is 0 Å². The van der Waals surface area contributed by atoms with E-state index in [1.807, 2.05) is 0 Å². The van der Waals surface area contributed by atoms with Crippen molar-refractivity contribution in [3.05, 3.63) is 24.3 Å². The highest BCUT2D eigenvalue weighted by molar-refractivity contribution is 9.09. The van der Waals surface area contributed by atoms with Gasteiger partial charge < -0.3 is 4.90 Å². The summed E-state index contributed by atoms with van der Waals surface area (Å²) in [5.41, 5.74) is 1.14. The molecule has 1 saturated carbocycles. The molecule has 0 bridgehead atoms. The molecule has 0 atom stereocenters. The van der Waals surface area contributed by atoms with Gasteiger partial charge in [0.2, 0.25) is 0 Å². The van der Waals surface area contributed by atoms with Gasteiger partial charge in [0.1, 0.15) is 5.00 Å². The number of halogens is 1. The van der Waals surface area contributed by atoms with Crippen LogP contribution in [0.2, 0.25) is 0 Å². The van der Waals surface area contributed by atoms with Crippen molar-refractivity contribution in [3.63, 3.8) is 0 Å². The van der Waals surface area contributed by atoms with Gasteiger partial charge in [0.15, 0.2) is 0 Å². The lowest BCUT2D eigenvalue weighted by molar-refractivity contribution is 0.388. The van der Waals surface area contributed by atoms with Crippen LogP contribution in [0, 0.1) is 0 Å². The molecular weight excluding hydrogens is 308 g/mol. The van der Waals surface area contributed by atoms with Gasteiger partial charge in [-0.05, 0) is 49.3 Å². The van der Waals surface area contributed by atoms with E-state index >= 15 is 0 Å². The normalized spacial score (nSPS) is 15.8. The third-order valence-corrected chi connectivity index (χ3v) is 5.15. The van der Waals surface area contributed by atoms with Crippen LogP contribution in [0.25, 0.3) is 10.9 Å². The first-order valence-corrected chi connectivity index (χ1v) is 8.46. The number of nitrogens with zero attached hydrogens (tertiary/aromatic N) is 2. The maximum atomic E-state index is 4.58. The summed E-state index contributed by atoms with van der Waals surface area (Å²) in [4.78, 5) is 2.59. The zero-order valence-corrected chi connectivity index (χ0v) is 12.7. The molecule has 1 aromatic heterocycles. The zero-order chi connectivity index (χ0) is 12.4. The summed E-state index contributed by atoms with van der Waals surface area (Å²) in [6.07, 6.45) is 5.26. The molecule has 18 heavy (non-hydrogen) atoms. The maximum Gasteiger partial charge on any atom is 0.120 e. The molecule has 0 unspecified atom stereocenters. The average Bonchev–Trinajstić information content (AvgIpc) is 2.76.